The summed E-state index contributed by atoms with van der Waals surface area (Å²) in [5.74, 6) is -0.0862. The number of carbonyl (C=O) groups excluding carboxylic acids is 1. The maximum Gasteiger partial charge on any atom is 0.257 e. The molecule has 1 amide bonds. The number of pyridine rings is 1. The fraction of sp³-hybridized carbons (Fsp3) is 0.200. The van der Waals surface area contributed by atoms with Crippen LogP contribution >= 0.6 is 0 Å². The van der Waals surface area contributed by atoms with Gasteiger partial charge >= 0.3 is 0 Å². The van der Waals surface area contributed by atoms with E-state index in [2.05, 4.69) is 4.98 Å². The Morgan fingerprint density at radius 2 is 2.00 bits per heavy atom. The van der Waals surface area contributed by atoms with Crippen LogP contribution in [0.3, 0.4) is 0 Å². The number of nitrogen functional groups attached to an aromatic ring is 1. The normalized spacial score (nSPS) is 10.2. The molecular formula is C15H17N3O. The first kappa shape index (κ1) is 13.1. The number of carbonyl (C=O) groups is 1. The van der Waals surface area contributed by atoms with Crippen molar-refractivity contribution in [2.75, 3.05) is 12.3 Å². The second-order valence-corrected chi connectivity index (χ2v) is 4.27. The van der Waals surface area contributed by atoms with Gasteiger partial charge in [0.25, 0.3) is 5.91 Å². The Kier molecular flexibility index (Phi) is 4.13. The molecule has 0 bridgehead atoms. The molecule has 1 aromatic carbocycles. The smallest absolute Gasteiger partial charge is 0.257 e. The SMILES string of the molecule is CCN(Cc1ccccc1)C(=O)c1cnccc1N. The van der Waals surface area contributed by atoms with E-state index in [1.54, 1.807) is 17.2 Å². The summed E-state index contributed by atoms with van der Waals surface area (Å²) >= 11 is 0. The number of hydrogen-bond donors (Lipinski definition) is 1. The van der Waals surface area contributed by atoms with Crippen molar-refractivity contribution in [2.24, 2.45) is 0 Å². The van der Waals surface area contributed by atoms with Gasteiger partial charge in [-0.05, 0) is 18.6 Å². The third-order valence-corrected chi connectivity index (χ3v) is 2.97. The van der Waals surface area contributed by atoms with Crippen molar-refractivity contribution < 1.29 is 4.79 Å². The number of rotatable bonds is 4. The van der Waals surface area contributed by atoms with Crippen molar-refractivity contribution in [1.82, 2.24) is 9.88 Å². The maximum absolute atomic E-state index is 12.4. The number of nitrogens with zero attached hydrogens (tertiary/aromatic N) is 2. The summed E-state index contributed by atoms with van der Waals surface area (Å²) in [5, 5.41) is 0. The summed E-state index contributed by atoms with van der Waals surface area (Å²) in [7, 11) is 0. The van der Waals surface area contributed by atoms with Crippen LogP contribution in [0.5, 0.6) is 0 Å². The molecular weight excluding hydrogens is 238 g/mol. The fourth-order valence-corrected chi connectivity index (χ4v) is 1.89. The number of amides is 1. The van der Waals surface area contributed by atoms with E-state index in [1.807, 2.05) is 37.3 Å². The first-order chi connectivity index (χ1) is 9.22. The van der Waals surface area contributed by atoms with Gasteiger partial charge in [-0.1, -0.05) is 30.3 Å². The molecule has 0 atom stereocenters. The molecule has 4 heteroatoms. The van der Waals surface area contributed by atoms with Gasteiger partial charge in [0.1, 0.15) is 0 Å². The number of aromatic nitrogens is 1. The molecule has 0 aliphatic heterocycles. The molecule has 0 fully saturated rings. The Bertz CT molecular complexity index is 554. The molecule has 0 saturated carbocycles. The Morgan fingerprint density at radius 3 is 2.63 bits per heavy atom. The Morgan fingerprint density at radius 1 is 1.26 bits per heavy atom. The quantitative estimate of drug-likeness (QED) is 0.912. The predicted octanol–water partition coefficient (Wildman–Crippen LogP) is 2.33. The molecule has 0 unspecified atom stereocenters. The predicted molar refractivity (Wildman–Crippen MR) is 75.5 cm³/mol. The molecule has 0 saturated heterocycles. The van der Waals surface area contributed by atoms with Gasteiger partial charge in [0.2, 0.25) is 0 Å². The van der Waals surface area contributed by atoms with Crippen molar-refractivity contribution >= 4 is 11.6 Å². The molecule has 2 aromatic rings. The summed E-state index contributed by atoms with van der Waals surface area (Å²) in [6.45, 7) is 3.15. The van der Waals surface area contributed by atoms with Crippen LogP contribution in [0.15, 0.2) is 48.8 Å². The van der Waals surface area contributed by atoms with Crippen LogP contribution in [0.25, 0.3) is 0 Å². The molecule has 0 spiro atoms. The number of hydrogen-bond acceptors (Lipinski definition) is 3. The molecule has 1 aromatic heterocycles. The largest absolute Gasteiger partial charge is 0.398 e. The minimum absolute atomic E-state index is 0.0862. The van der Waals surface area contributed by atoms with Gasteiger partial charge in [-0.3, -0.25) is 9.78 Å². The van der Waals surface area contributed by atoms with E-state index in [-0.39, 0.29) is 5.91 Å². The molecule has 98 valence electrons. The van der Waals surface area contributed by atoms with Crippen LogP contribution in [-0.2, 0) is 6.54 Å². The summed E-state index contributed by atoms with van der Waals surface area (Å²) < 4.78 is 0. The van der Waals surface area contributed by atoms with Gasteiger partial charge < -0.3 is 10.6 Å². The Labute approximate surface area is 112 Å². The average Bonchev–Trinajstić information content (AvgIpc) is 2.46. The highest BCUT2D eigenvalue weighted by Crippen LogP contribution is 2.14. The lowest BCUT2D eigenvalue weighted by Gasteiger charge is -2.21. The van der Waals surface area contributed by atoms with E-state index in [9.17, 15) is 4.79 Å². The highest BCUT2D eigenvalue weighted by Gasteiger charge is 2.16. The van der Waals surface area contributed by atoms with Crippen molar-refractivity contribution in [2.45, 2.75) is 13.5 Å². The minimum Gasteiger partial charge on any atom is -0.398 e. The van der Waals surface area contributed by atoms with Crippen molar-refractivity contribution in [3.8, 4) is 0 Å². The van der Waals surface area contributed by atoms with Crippen LogP contribution in [0.4, 0.5) is 5.69 Å². The Balaban J connectivity index is 2.18. The topological polar surface area (TPSA) is 59.2 Å². The van der Waals surface area contributed by atoms with Crippen molar-refractivity contribution in [3.05, 3.63) is 59.9 Å². The van der Waals surface area contributed by atoms with Crippen LogP contribution < -0.4 is 5.73 Å². The van der Waals surface area contributed by atoms with E-state index in [0.717, 1.165) is 5.56 Å². The molecule has 0 aliphatic rings. The zero-order chi connectivity index (χ0) is 13.7. The summed E-state index contributed by atoms with van der Waals surface area (Å²) in [4.78, 5) is 18.1. The van der Waals surface area contributed by atoms with E-state index >= 15 is 0 Å². The molecule has 1 heterocycles. The van der Waals surface area contributed by atoms with Gasteiger partial charge in [-0.25, -0.2) is 0 Å². The Hall–Kier alpha value is -2.36. The summed E-state index contributed by atoms with van der Waals surface area (Å²) in [5.41, 5.74) is 7.84. The molecule has 4 nitrogen and oxygen atoms in total. The maximum atomic E-state index is 12.4. The lowest BCUT2D eigenvalue weighted by Crippen LogP contribution is -2.31. The van der Waals surface area contributed by atoms with Crippen molar-refractivity contribution in [3.63, 3.8) is 0 Å². The van der Waals surface area contributed by atoms with E-state index in [0.29, 0.717) is 24.3 Å². The highest BCUT2D eigenvalue weighted by atomic mass is 16.2. The first-order valence-electron chi connectivity index (χ1n) is 6.25. The number of nitrogens with two attached hydrogens (primary N) is 1. The van der Waals surface area contributed by atoms with Gasteiger partial charge in [-0.15, -0.1) is 0 Å². The third kappa shape index (κ3) is 3.10. The third-order valence-electron chi connectivity index (χ3n) is 2.97. The fourth-order valence-electron chi connectivity index (χ4n) is 1.89. The molecule has 2 rings (SSSR count). The van der Waals surface area contributed by atoms with Crippen LogP contribution in [0.1, 0.15) is 22.8 Å². The summed E-state index contributed by atoms with van der Waals surface area (Å²) in [6.07, 6.45) is 3.10. The molecule has 0 aliphatic carbocycles. The highest BCUT2D eigenvalue weighted by molar-refractivity contribution is 5.98. The first-order valence-corrected chi connectivity index (χ1v) is 6.25. The molecule has 0 radical (unpaired) electrons. The molecule has 19 heavy (non-hydrogen) atoms. The van der Waals surface area contributed by atoms with E-state index < -0.39 is 0 Å². The lowest BCUT2D eigenvalue weighted by atomic mass is 10.1. The average molecular weight is 255 g/mol. The zero-order valence-corrected chi connectivity index (χ0v) is 10.9. The van der Waals surface area contributed by atoms with Gasteiger partial charge in [-0.2, -0.15) is 0 Å². The van der Waals surface area contributed by atoms with Crippen LogP contribution in [0.2, 0.25) is 0 Å². The minimum atomic E-state index is -0.0862. The van der Waals surface area contributed by atoms with E-state index in [4.69, 9.17) is 5.73 Å². The van der Waals surface area contributed by atoms with Gasteiger partial charge in [0.15, 0.2) is 0 Å². The van der Waals surface area contributed by atoms with Crippen LogP contribution in [-0.4, -0.2) is 22.3 Å². The van der Waals surface area contributed by atoms with E-state index in [1.165, 1.54) is 6.20 Å². The summed E-state index contributed by atoms with van der Waals surface area (Å²) in [6, 6.07) is 11.5. The lowest BCUT2D eigenvalue weighted by molar-refractivity contribution is 0.0753. The second kappa shape index (κ2) is 6.00. The second-order valence-electron chi connectivity index (χ2n) is 4.27. The zero-order valence-electron chi connectivity index (χ0n) is 10.9. The van der Waals surface area contributed by atoms with Crippen molar-refractivity contribution in [1.29, 1.82) is 0 Å². The monoisotopic (exact) mass is 255 g/mol. The number of benzene rings is 1. The number of anilines is 1. The van der Waals surface area contributed by atoms with Crippen LogP contribution in [0, 0.1) is 0 Å². The van der Waals surface area contributed by atoms with Gasteiger partial charge in [0.05, 0.1) is 5.56 Å². The van der Waals surface area contributed by atoms with Gasteiger partial charge in [0, 0.05) is 31.2 Å². The molecule has 2 N–H and O–H groups in total. The standard InChI is InChI=1S/C15H17N3O/c1-2-18(11-12-6-4-3-5-7-12)15(19)13-10-17-9-8-14(13)16/h3-10H,2,11H2,1H3,(H2,16,17).